The molecule has 0 unspecified atom stereocenters. The van der Waals surface area contributed by atoms with Crippen molar-refractivity contribution in [1.29, 1.82) is 0 Å². The van der Waals surface area contributed by atoms with Crippen LogP contribution in [-0.2, 0) is 11.3 Å². The zero-order valence-corrected chi connectivity index (χ0v) is 18.6. The highest BCUT2D eigenvalue weighted by atomic mass is 35.5. The van der Waals surface area contributed by atoms with Gasteiger partial charge in [0.05, 0.1) is 23.7 Å². The number of thioether (sulfide) groups is 1. The number of rotatable bonds is 7. The zero-order valence-electron chi connectivity index (χ0n) is 16.3. The Morgan fingerprint density at radius 3 is 2.53 bits per heavy atom. The van der Waals surface area contributed by atoms with Crippen molar-refractivity contribution in [2.45, 2.75) is 18.6 Å². The molecule has 3 aromatic rings. The lowest BCUT2D eigenvalue weighted by molar-refractivity contribution is 0.0514. The average molecular weight is 464 g/mol. The molecule has 0 aliphatic rings. The number of benzene rings is 2. The number of amides is 1. The molecule has 0 atom stereocenters. The molecule has 0 saturated heterocycles. The van der Waals surface area contributed by atoms with Gasteiger partial charge in [0, 0.05) is 5.02 Å². The standard InChI is InChI=1S/C21H19Cl2N3O3S/c1-3-29-20(28)17-18(24-19(27)15-10-9-14(22)11-16(15)23)25-21(30-2)26(17)12-13-7-5-4-6-8-13/h4-11H,3,12H2,1-2H3,(H,24,27). The topological polar surface area (TPSA) is 73.2 Å². The molecule has 30 heavy (non-hydrogen) atoms. The third-order valence-corrected chi connectivity index (χ3v) is 5.40. The second-order valence-corrected chi connectivity index (χ2v) is 7.78. The van der Waals surface area contributed by atoms with Crippen molar-refractivity contribution >= 4 is 52.7 Å². The molecular formula is C21H19Cl2N3O3S. The van der Waals surface area contributed by atoms with E-state index in [4.69, 9.17) is 27.9 Å². The van der Waals surface area contributed by atoms with E-state index in [9.17, 15) is 9.59 Å². The lowest BCUT2D eigenvalue weighted by Crippen LogP contribution is -2.19. The number of ether oxygens (including phenoxy) is 1. The maximum Gasteiger partial charge on any atom is 0.358 e. The molecule has 9 heteroatoms. The fourth-order valence-corrected chi connectivity index (χ4v) is 3.90. The highest BCUT2D eigenvalue weighted by Crippen LogP contribution is 2.27. The molecule has 156 valence electrons. The third kappa shape index (κ3) is 4.98. The fourth-order valence-electron chi connectivity index (χ4n) is 2.84. The summed E-state index contributed by atoms with van der Waals surface area (Å²) >= 11 is 13.4. The minimum Gasteiger partial charge on any atom is -0.461 e. The molecule has 1 amide bonds. The van der Waals surface area contributed by atoms with E-state index in [0.29, 0.717) is 16.7 Å². The van der Waals surface area contributed by atoms with Crippen molar-refractivity contribution in [3.05, 3.63) is 75.4 Å². The summed E-state index contributed by atoms with van der Waals surface area (Å²) in [5.74, 6) is -0.956. The average Bonchev–Trinajstić information content (AvgIpc) is 3.05. The van der Waals surface area contributed by atoms with Gasteiger partial charge in [-0.3, -0.25) is 4.79 Å². The number of aromatic nitrogens is 2. The van der Waals surface area contributed by atoms with E-state index in [1.807, 2.05) is 36.6 Å². The Labute approximate surface area is 188 Å². The molecule has 0 fully saturated rings. The first-order valence-electron chi connectivity index (χ1n) is 9.06. The van der Waals surface area contributed by atoms with Gasteiger partial charge in [0.1, 0.15) is 0 Å². The van der Waals surface area contributed by atoms with Crippen molar-refractivity contribution < 1.29 is 14.3 Å². The van der Waals surface area contributed by atoms with Crippen molar-refractivity contribution in [2.24, 2.45) is 0 Å². The van der Waals surface area contributed by atoms with Gasteiger partial charge in [-0.25, -0.2) is 9.78 Å². The number of nitrogens with one attached hydrogen (secondary N) is 1. The largest absolute Gasteiger partial charge is 0.461 e. The van der Waals surface area contributed by atoms with E-state index in [2.05, 4.69) is 10.3 Å². The van der Waals surface area contributed by atoms with Gasteiger partial charge in [0.2, 0.25) is 0 Å². The van der Waals surface area contributed by atoms with Crippen LogP contribution >= 0.6 is 35.0 Å². The molecular weight excluding hydrogens is 445 g/mol. The number of carbonyl (C=O) groups is 2. The Morgan fingerprint density at radius 2 is 1.90 bits per heavy atom. The molecule has 6 nitrogen and oxygen atoms in total. The van der Waals surface area contributed by atoms with Crippen molar-refractivity contribution in [3.63, 3.8) is 0 Å². The van der Waals surface area contributed by atoms with Crippen LogP contribution in [0.4, 0.5) is 5.82 Å². The van der Waals surface area contributed by atoms with Gasteiger partial charge >= 0.3 is 5.97 Å². The zero-order chi connectivity index (χ0) is 21.7. The summed E-state index contributed by atoms with van der Waals surface area (Å²) in [6.07, 6.45) is 1.85. The molecule has 2 aromatic carbocycles. The van der Waals surface area contributed by atoms with Crippen molar-refractivity contribution in [3.8, 4) is 0 Å². The second kappa shape index (κ2) is 10.0. The number of anilines is 1. The van der Waals surface area contributed by atoms with Gasteiger partial charge in [-0.1, -0.05) is 65.3 Å². The van der Waals surface area contributed by atoms with E-state index < -0.39 is 11.9 Å². The van der Waals surface area contributed by atoms with Crippen LogP contribution in [0.5, 0.6) is 0 Å². The van der Waals surface area contributed by atoms with Crippen LogP contribution in [0.15, 0.2) is 53.7 Å². The smallest absolute Gasteiger partial charge is 0.358 e. The van der Waals surface area contributed by atoms with Crippen LogP contribution in [0.25, 0.3) is 0 Å². The maximum absolute atomic E-state index is 12.8. The van der Waals surface area contributed by atoms with Gasteiger partial charge in [-0.05, 0) is 36.9 Å². The summed E-state index contributed by atoms with van der Waals surface area (Å²) in [6, 6.07) is 14.2. The second-order valence-electron chi connectivity index (χ2n) is 6.17. The minimum absolute atomic E-state index is 0.116. The molecule has 0 bridgehead atoms. The Hall–Kier alpha value is -2.48. The predicted octanol–water partition coefficient (Wildman–Crippen LogP) is 5.39. The Bertz CT molecular complexity index is 1070. The number of hydrogen-bond donors (Lipinski definition) is 1. The molecule has 3 rings (SSSR count). The first-order chi connectivity index (χ1) is 14.4. The Kier molecular flexibility index (Phi) is 7.42. The first kappa shape index (κ1) is 22.2. The van der Waals surface area contributed by atoms with E-state index in [-0.39, 0.29) is 28.7 Å². The highest BCUT2D eigenvalue weighted by molar-refractivity contribution is 7.98. The summed E-state index contributed by atoms with van der Waals surface area (Å²) < 4.78 is 6.96. The highest BCUT2D eigenvalue weighted by Gasteiger charge is 2.26. The van der Waals surface area contributed by atoms with E-state index in [1.165, 1.54) is 23.9 Å². The van der Waals surface area contributed by atoms with Gasteiger partial charge in [-0.2, -0.15) is 0 Å². The summed E-state index contributed by atoms with van der Waals surface area (Å²) in [6.45, 7) is 2.31. The normalized spacial score (nSPS) is 10.7. The molecule has 1 N–H and O–H groups in total. The Balaban J connectivity index is 2.02. The molecule has 0 saturated carbocycles. The SMILES string of the molecule is CCOC(=O)c1c(NC(=O)c2ccc(Cl)cc2Cl)nc(SC)n1Cc1ccccc1. The number of nitrogens with zero attached hydrogens (tertiary/aromatic N) is 2. The van der Waals surface area contributed by atoms with Gasteiger partial charge in [0.25, 0.3) is 5.91 Å². The number of carbonyl (C=O) groups excluding carboxylic acids is 2. The molecule has 0 radical (unpaired) electrons. The van der Waals surface area contributed by atoms with Crippen LogP contribution in [0, 0.1) is 0 Å². The molecule has 0 spiro atoms. The van der Waals surface area contributed by atoms with Crippen LogP contribution in [-0.4, -0.2) is 34.3 Å². The number of esters is 1. The summed E-state index contributed by atoms with van der Waals surface area (Å²) in [7, 11) is 0. The number of hydrogen-bond acceptors (Lipinski definition) is 5. The molecule has 0 aliphatic heterocycles. The minimum atomic E-state index is -0.571. The molecule has 1 aromatic heterocycles. The first-order valence-corrected chi connectivity index (χ1v) is 11.0. The van der Waals surface area contributed by atoms with Crippen molar-refractivity contribution in [1.82, 2.24) is 9.55 Å². The van der Waals surface area contributed by atoms with Gasteiger partial charge < -0.3 is 14.6 Å². The van der Waals surface area contributed by atoms with Crippen LogP contribution < -0.4 is 5.32 Å². The van der Waals surface area contributed by atoms with E-state index in [1.54, 1.807) is 17.6 Å². The van der Waals surface area contributed by atoms with Crippen LogP contribution in [0.1, 0.15) is 33.3 Å². The maximum atomic E-state index is 12.8. The molecule has 0 aliphatic carbocycles. The summed E-state index contributed by atoms with van der Waals surface area (Å²) in [4.78, 5) is 30.0. The Morgan fingerprint density at radius 1 is 1.17 bits per heavy atom. The lowest BCUT2D eigenvalue weighted by Gasteiger charge is -2.12. The third-order valence-electron chi connectivity index (χ3n) is 4.18. The quantitative estimate of drug-likeness (QED) is 0.375. The van der Waals surface area contributed by atoms with E-state index >= 15 is 0 Å². The monoisotopic (exact) mass is 463 g/mol. The number of imidazole rings is 1. The summed E-state index contributed by atoms with van der Waals surface area (Å²) in [5, 5.41) is 3.88. The number of halogens is 2. The van der Waals surface area contributed by atoms with E-state index in [0.717, 1.165) is 5.56 Å². The fraction of sp³-hybridized carbons (Fsp3) is 0.190. The summed E-state index contributed by atoms with van der Waals surface area (Å²) in [5.41, 5.74) is 1.37. The van der Waals surface area contributed by atoms with Gasteiger partial charge in [-0.15, -0.1) is 0 Å². The van der Waals surface area contributed by atoms with Crippen LogP contribution in [0.2, 0.25) is 10.0 Å². The van der Waals surface area contributed by atoms with Gasteiger partial charge in [0.15, 0.2) is 16.7 Å². The lowest BCUT2D eigenvalue weighted by atomic mass is 10.2. The molecule has 1 heterocycles. The van der Waals surface area contributed by atoms with Crippen LogP contribution in [0.3, 0.4) is 0 Å². The van der Waals surface area contributed by atoms with Crippen molar-refractivity contribution in [2.75, 3.05) is 18.2 Å². The predicted molar refractivity (Wildman–Crippen MR) is 120 cm³/mol.